The molecule has 0 aliphatic carbocycles. The van der Waals surface area contributed by atoms with Crippen molar-refractivity contribution in [1.29, 1.82) is 0 Å². The summed E-state index contributed by atoms with van der Waals surface area (Å²) in [7, 11) is -2.06. The van der Waals surface area contributed by atoms with Gasteiger partial charge in [-0.2, -0.15) is 0 Å². The number of ether oxygens (including phenoxy) is 2. The van der Waals surface area contributed by atoms with E-state index in [0.717, 1.165) is 16.9 Å². The first-order valence-corrected chi connectivity index (χ1v) is 10.7. The molecule has 8 heteroatoms. The van der Waals surface area contributed by atoms with Crippen LogP contribution in [0.3, 0.4) is 0 Å². The van der Waals surface area contributed by atoms with Gasteiger partial charge in [-0.15, -0.1) is 0 Å². The average molecular weight is 419 g/mol. The van der Waals surface area contributed by atoms with Crippen LogP contribution in [0.5, 0.6) is 5.75 Å². The fraction of sp³-hybridized carbons (Fsp3) is 0.286. The van der Waals surface area contributed by atoms with E-state index in [1.54, 1.807) is 18.2 Å². The normalized spacial score (nSPS) is 11.5. The lowest BCUT2D eigenvalue weighted by Crippen LogP contribution is -2.27. The summed E-state index contributed by atoms with van der Waals surface area (Å²) >= 11 is 0. The number of nitrogens with one attached hydrogen (secondary N) is 2. The molecule has 0 saturated heterocycles. The second-order valence-electron chi connectivity index (χ2n) is 6.09. The van der Waals surface area contributed by atoms with Crippen molar-refractivity contribution in [2.45, 2.75) is 18.4 Å². The van der Waals surface area contributed by atoms with Crippen molar-refractivity contribution in [2.75, 3.05) is 26.9 Å². The van der Waals surface area contributed by atoms with Gasteiger partial charge in [0.15, 0.2) is 0 Å². The van der Waals surface area contributed by atoms with Gasteiger partial charge < -0.3 is 14.8 Å². The minimum atomic E-state index is -3.56. The predicted molar refractivity (Wildman–Crippen MR) is 112 cm³/mol. The highest BCUT2D eigenvalue weighted by Gasteiger charge is 2.12. The number of sulfonamides is 1. The van der Waals surface area contributed by atoms with Crippen LogP contribution in [0.2, 0.25) is 0 Å². The highest BCUT2D eigenvalue weighted by Crippen LogP contribution is 2.13. The summed E-state index contributed by atoms with van der Waals surface area (Å²) in [5, 5.41) is 2.77. The molecule has 29 heavy (non-hydrogen) atoms. The van der Waals surface area contributed by atoms with E-state index in [-0.39, 0.29) is 17.3 Å². The van der Waals surface area contributed by atoms with Crippen LogP contribution in [0.4, 0.5) is 0 Å². The molecule has 1 amide bonds. The van der Waals surface area contributed by atoms with Gasteiger partial charge in [0, 0.05) is 26.3 Å². The second kappa shape index (κ2) is 11.4. The van der Waals surface area contributed by atoms with Crippen LogP contribution < -0.4 is 14.8 Å². The molecular formula is C21H26N2O5S. The van der Waals surface area contributed by atoms with Gasteiger partial charge in [0.25, 0.3) is 0 Å². The summed E-state index contributed by atoms with van der Waals surface area (Å²) in [4.78, 5) is 12.2. The summed E-state index contributed by atoms with van der Waals surface area (Å²) < 4.78 is 36.9. The minimum Gasteiger partial charge on any atom is -0.494 e. The van der Waals surface area contributed by atoms with E-state index in [4.69, 9.17) is 9.47 Å². The molecule has 0 aromatic heterocycles. The predicted octanol–water partition coefficient (Wildman–Crippen LogP) is 2.34. The molecular weight excluding hydrogens is 392 g/mol. The standard InChI is InChI=1S/C21H26N2O5S/c1-3-28-19-9-4-17(5-10-19)8-13-21(24)22-16-18-6-11-20(12-7-18)29(25,26)23-14-15-27-2/h4-13,23H,3,14-16H2,1-2H3,(H,22,24)/b13-8+. The maximum atomic E-state index is 12.1. The van der Waals surface area contributed by atoms with Crippen LogP contribution in [-0.4, -0.2) is 41.2 Å². The van der Waals surface area contributed by atoms with Gasteiger partial charge in [-0.3, -0.25) is 4.79 Å². The Morgan fingerprint density at radius 2 is 1.76 bits per heavy atom. The first-order valence-electron chi connectivity index (χ1n) is 9.21. The highest BCUT2D eigenvalue weighted by molar-refractivity contribution is 7.89. The molecule has 156 valence electrons. The smallest absolute Gasteiger partial charge is 0.244 e. The molecule has 2 aromatic carbocycles. The first kappa shape index (κ1) is 22.6. The summed E-state index contributed by atoms with van der Waals surface area (Å²) in [6, 6.07) is 13.8. The topological polar surface area (TPSA) is 93.7 Å². The molecule has 0 unspecified atom stereocenters. The summed E-state index contributed by atoms with van der Waals surface area (Å²) in [6.07, 6.45) is 3.17. The zero-order valence-corrected chi connectivity index (χ0v) is 17.4. The number of hydrogen-bond acceptors (Lipinski definition) is 5. The summed E-state index contributed by atoms with van der Waals surface area (Å²) in [5.74, 6) is 0.547. The third-order valence-electron chi connectivity index (χ3n) is 3.92. The number of carbonyl (C=O) groups is 1. The van der Waals surface area contributed by atoms with Gasteiger partial charge in [-0.1, -0.05) is 24.3 Å². The Morgan fingerprint density at radius 3 is 2.38 bits per heavy atom. The largest absolute Gasteiger partial charge is 0.494 e. The van der Waals surface area contributed by atoms with Crippen molar-refractivity contribution in [3.05, 3.63) is 65.7 Å². The number of rotatable bonds is 11. The van der Waals surface area contributed by atoms with Gasteiger partial charge in [-0.05, 0) is 48.4 Å². The van der Waals surface area contributed by atoms with Crippen LogP contribution >= 0.6 is 0 Å². The zero-order valence-electron chi connectivity index (χ0n) is 16.6. The van der Waals surface area contributed by atoms with Gasteiger partial charge in [0.05, 0.1) is 18.1 Å². The number of hydrogen-bond donors (Lipinski definition) is 2. The van der Waals surface area contributed by atoms with Gasteiger partial charge in [0.2, 0.25) is 15.9 Å². The van der Waals surface area contributed by atoms with E-state index < -0.39 is 10.0 Å². The lowest BCUT2D eigenvalue weighted by atomic mass is 10.2. The van der Waals surface area contributed by atoms with Gasteiger partial charge in [-0.25, -0.2) is 13.1 Å². The number of amides is 1. The fourth-order valence-corrected chi connectivity index (χ4v) is 3.42. The maximum absolute atomic E-state index is 12.1. The zero-order chi connectivity index (χ0) is 21.1. The van der Waals surface area contributed by atoms with Crippen molar-refractivity contribution in [1.82, 2.24) is 10.0 Å². The van der Waals surface area contributed by atoms with Crippen LogP contribution in [0.1, 0.15) is 18.1 Å². The monoisotopic (exact) mass is 418 g/mol. The van der Waals surface area contributed by atoms with E-state index in [1.807, 2.05) is 31.2 Å². The number of benzene rings is 2. The van der Waals surface area contributed by atoms with Crippen molar-refractivity contribution in [2.24, 2.45) is 0 Å². The third kappa shape index (κ3) is 7.69. The molecule has 2 rings (SSSR count). The molecule has 7 nitrogen and oxygen atoms in total. The van der Waals surface area contributed by atoms with Crippen molar-refractivity contribution in [3.63, 3.8) is 0 Å². The van der Waals surface area contributed by atoms with E-state index in [2.05, 4.69) is 10.0 Å². The van der Waals surface area contributed by atoms with Crippen LogP contribution in [0.25, 0.3) is 6.08 Å². The van der Waals surface area contributed by atoms with E-state index in [1.165, 1.54) is 25.3 Å². The fourth-order valence-electron chi connectivity index (χ4n) is 2.41. The third-order valence-corrected chi connectivity index (χ3v) is 5.39. The molecule has 0 aliphatic heterocycles. The molecule has 0 heterocycles. The molecule has 0 saturated carbocycles. The summed E-state index contributed by atoms with van der Waals surface area (Å²) in [6.45, 7) is 3.33. The molecule has 0 bridgehead atoms. The Bertz CT molecular complexity index is 907. The van der Waals surface area contributed by atoms with E-state index in [0.29, 0.717) is 19.8 Å². The van der Waals surface area contributed by atoms with Crippen molar-refractivity contribution >= 4 is 22.0 Å². The van der Waals surface area contributed by atoms with E-state index >= 15 is 0 Å². The number of methoxy groups -OCH3 is 1. The van der Waals surface area contributed by atoms with Gasteiger partial charge >= 0.3 is 0 Å². The Hall–Kier alpha value is -2.68. The Kier molecular flexibility index (Phi) is 8.85. The average Bonchev–Trinajstić information content (AvgIpc) is 2.72. The molecule has 0 fully saturated rings. The lowest BCUT2D eigenvalue weighted by molar-refractivity contribution is -0.116. The van der Waals surface area contributed by atoms with Crippen LogP contribution in [0, 0.1) is 0 Å². The Balaban J connectivity index is 1.85. The first-order chi connectivity index (χ1) is 13.9. The highest BCUT2D eigenvalue weighted by atomic mass is 32.2. The molecule has 0 spiro atoms. The quantitative estimate of drug-likeness (QED) is 0.432. The number of carbonyl (C=O) groups excluding carboxylic acids is 1. The lowest BCUT2D eigenvalue weighted by Gasteiger charge is -2.08. The maximum Gasteiger partial charge on any atom is 0.244 e. The summed E-state index contributed by atoms with van der Waals surface area (Å²) in [5.41, 5.74) is 1.68. The van der Waals surface area contributed by atoms with Crippen molar-refractivity contribution < 1.29 is 22.7 Å². The van der Waals surface area contributed by atoms with Crippen molar-refractivity contribution in [3.8, 4) is 5.75 Å². The minimum absolute atomic E-state index is 0.166. The SMILES string of the molecule is CCOc1ccc(/C=C/C(=O)NCc2ccc(S(=O)(=O)NCCOC)cc2)cc1. The van der Waals surface area contributed by atoms with Crippen LogP contribution in [-0.2, 0) is 26.1 Å². The van der Waals surface area contributed by atoms with Crippen LogP contribution in [0.15, 0.2) is 59.5 Å². The van der Waals surface area contributed by atoms with Gasteiger partial charge in [0.1, 0.15) is 5.75 Å². The molecule has 2 aromatic rings. The second-order valence-corrected chi connectivity index (χ2v) is 7.85. The molecule has 0 radical (unpaired) electrons. The van der Waals surface area contributed by atoms with E-state index in [9.17, 15) is 13.2 Å². The molecule has 0 aliphatic rings. The Labute approximate surface area is 171 Å². The molecule has 0 atom stereocenters. The Morgan fingerprint density at radius 1 is 1.07 bits per heavy atom. The molecule has 2 N–H and O–H groups in total.